The first-order valence-corrected chi connectivity index (χ1v) is 11.7. The number of esters is 1. The number of hydrogen-bond donors (Lipinski definition) is 2. The van der Waals surface area contributed by atoms with Crippen LogP contribution in [-0.2, 0) is 14.3 Å². The summed E-state index contributed by atoms with van der Waals surface area (Å²) in [5.41, 5.74) is 8.04. The summed E-state index contributed by atoms with van der Waals surface area (Å²) in [5.74, 6) is -1.42. The molecule has 3 rings (SSSR count). The number of benzene rings is 3. The number of nitrogens with one attached hydrogen (secondary N) is 1. The van der Waals surface area contributed by atoms with Gasteiger partial charge in [-0.1, -0.05) is 30.3 Å². The van der Waals surface area contributed by atoms with E-state index >= 15 is 0 Å². The zero-order valence-corrected chi connectivity index (χ0v) is 19.9. The van der Waals surface area contributed by atoms with E-state index in [2.05, 4.69) is 5.32 Å². The number of ether oxygens (including phenoxy) is 1. The Morgan fingerprint density at radius 2 is 1.53 bits per heavy atom. The molecule has 0 bridgehead atoms. The number of amides is 2. The Kier molecular flexibility index (Phi) is 8.70. The van der Waals surface area contributed by atoms with Gasteiger partial charge in [0.25, 0.3) is 5.91 Å². The van der Waals surface area contributed by atoms with Gasteiger partial charge in [-0.15, -0.1) is 11.8 Å². The molecule has 0 saturated carbocycles. The lowest BCUT2D eigenvalue weighted by Gasteiger charge is -2.27. The van der Waals surface area contributed by atoms with Crippen LogP contribution in [0.3, 0.4) is 0 Å². The molecule has 0 aliphatic carbocycles. The van der Waals surface area contributed by atoms with Crippen LogP contribution >= 0.6 is 11.8 Å². The van der Waals surface area contributed by atoms with E-state index < -0.39 is 18.5 Å². The quantitative estimate of drug-likeness (QED) is 0.327. The second-order valence-corrected chi connectivity index (χ2v) is 8.74. The van der Waals surface area contributed by atoms with Gasteiger partial charge in [0.05, 0.1) is 11.3 Å². The summed E-state index contributed by atoms with van der Waals surface area (Å²) in [7, 11) is 0. The Balaban J connectivity index is 1.65. The lowest BCUT2D eigenvalue weighted by atomic mass is 10.2. The standard InChI is InChI=1S/C26H27N3O4S/c1-18(2)29(21-14-12-20(13-15-21)28-19-8-4-3-5-9-19)25(31)16-33-26(32)22-10-6-7-11-23(22)34-17-24(27)30/h3-15,18,28H,16-17H2,1-2H3,(H2,27,30). The molecular weight excluding hydrogens is 450 g/mol. The summed E-state index contributed by atoms with van der Waals surface area (Å²) in [5, 5.41) is 3.31. The van der Waals surface area contributed by atoms with Crippen LogP contribution < -0.4 is 16.0 Å². The van der Waals surface area contributed by atoms with E-state index in [0.717, 1.165) is 23.1 Å². The van der Waals surface area contributed by atoms with Crippen molar-refractivity contribution in [3.05, 3.63) is 84.4 Å². The Hall–Kier alpha value is -3.78. The van der Waals surface area contributed by atoms with Crippen LogP contribution in [0.2, 0.25) is 0 Å². The van der Waals surface area contributed by atoms with E-state index in [1.807, 2.05) is 68.4 Å². The van der Waals surface area contributed by atoms with Crippen LogP contribution in [0.4, 0.5) is 17.1 Å². The van der Waals surface area contributed by atoms with E-state index in [1.165, 1.54) is 0 Å². The van der Waals surface area contributed by atoms with Gasteiger partial charge in [0.15, 0.2) is 6.61 Å². The molecule has 0 unspecified atom stereocenters. The average Bonchev–Trinajstić information content (AvgIpc) is 2.83. The van der Waals surface area contributed by atoms with Crippen molar-refractivity contribution in [2.45, 2.75) is 24.8 Å². The molecule has 0 aliphatic heterocycles. The molecule has 176 valence electrons. The predicted molar refractivity (Wildman–Crippen MR) is 135 cm³/mol. The summed E-state index contributed by atoms with van der Waals surface area (Å²) in [4.78, 5) is 38.8. The van der Waals surface area contributed by atoms with Crippen molar-refractivity contribution in [1.29, 1.82) is 0 Å². The minimum atomic E-state index is -0.632. The van der Waals surface area contributed by atoms with Crippen LogP contribution in [0.5, 0.6) is 0 Å². The first-order valence-electron chi connectivity index (χ1n) is 10.8. The molecule has 0 spiro atoms. The molecular formula is C26H27N3O4S. The molecule has 0 saturated heterocycles. The van der Waals surface area contributed by atoms with Gasteiger partial charge in [-0.2, -0.15) is 0 Å². The van der Waals surface area contributed by atoms with E-state index in [1.54, 1.807) is 29.2 Å². The fourth-order valence-electron chi connectivity index (χ4n) is 3.31. The van der Waals surface area contributed by atoms with Crippen LogP contribution in [0.15, 0.2) is 83.8 Å². The average molecular weight is 478 g/mol. The summed E-state index contributed by atoms with van der Waals surface area (Å²) >= 11 is 1.15. The topological polar surface area (TPSA) is 102 Å². The molecule has 34 heavy (non-hydrogen) atoms. The number of anilines is 3. The second-order valence-electron chi connectivity index (χ2n) is 7.72. The van der Waals surface area contributed by atoms with Crippen molar-refractivity contribution in [3.63, 3.8) is 0 Å². The normalized spacial score (nSPS) is 10.6. The monoisotopic (exact) mass is 477 g/mol. The van der Waals surface area contributed by atoms with Crippen molar-refractivity contribution in [3.8, 4) is 0 Å². The number of carbonyl (C=O) groups is 3. The lowest BCUT2D eigenvalue weighted by molar-refractivity contribution is -0.122. The molecule has 3 N–H and O–H groups in total. The maximum Gasteiger partial charge on any atom is 0.339 e. The summed E-state index contributed by atoms with van der Waals surface area (Å²) < 4.78 is 5.32. The third-order valence-corrected chi connectivity index (χ3v) is 5.89. The molecule has 8 heteroatoms. The summed E-state index contributed by atoms with van der Waals surface area (Å²) in [6.45, 7) is 3.38. The maximum atomic E-state index is 13.0. The Labute approximate surface area is 203 Å². The molecule has 0 heterocycles. The molecule has 0 fully saturated rings. The molecule has 2 amide bonds. The molecule has 0 aliphatic rings. The van der Waals surface area contributed by atoms with Crippen molar-refractivity contribution in [2.75, 3.05) is 22.6 Å². The largest absolute Gasteiger partial charge is 0.452 e. The zero-order chi connectivity index (χ0) is 24.5. The van der Waals surface area contributed by atoms with Gasteiger partial charge in [0, 0.05) is 28.0 Å². The number of para-hydroxylation sites is 1. The van der Waals surface area contributed by atoms with Gasteiger partial charge >= 0.3 is 5.97 Å². The van der Waals surface area contributed by atoms with Gasteiger partial charge in [-0.25, -0.2) is 4.79 Å². The van der Waals surface area contributed by atoms with Crippen LogP contribution in [0.1, 0.15) is 24.2 Å². The Morgan fingerprint density at radius 3 is 2.18 bits per heavy atom. The molecule has 3 aromatic rings. The first-order chi connectivity index (χ1) is 16.3. The van der Waals surface area contributed by atoms with Gasteiger partial charge in [-0.05, 0) is 62.4 Å². The Morgan fingerprint density at radius 1 is 0.912 bits per heavy atom. The number of rotatable bonds is 10. The number of nitrogens with zero attached hydrogens (tertiary/aromatic N) is 1. The minimum Gasteiger partial charge on any atom is -0.452 e. The van der Waals surface area contributed by atoms with E-state index in [9.17, 15) is 14.4 Å². The van der Waals surface area contributed by atoms with Crippen LogP contribution in [0, 0.1) is 0 Å². The van der Waals surface area contributed by atoms with Crippen molar-refractivity contribution < 1.29 is 19.1 Å². The SMILES string of the molecule is CC(C)N(C(=O)COC(=O)c1ccccc1SCC(N)=O)c1ccc(Nc2ccccc2)cc1. The lowest BCUT2D eigenvalue weighted by Crippen LogP contribution is -2.40. The number of nitrogens with two attached hydrogens (primary N) is 1. The van der Waals surface area contributed by atoms with Gasteiger partial charge in [0.1, 0.15) is 0 Å². The van der Waals surface area contributed by atoms with Crippen LogP contribution in [-0.4, -0.2) is 36.2 Å². The van der Waals surface area contributed by atoms with Crippen LogP contribution in [0.25, 0.3) is 0 Å². The summed E-state index contributed by atoms with van der Waals surface area (Å²) in [6, 6.07) is 23.9. The predicted octanol–water partition coefficient (Wildman–Crippen LogP) is 4.61. The molecule has 3 aromatic carbocycles. The van der Waals surface area contributed by atoms with Gasteiger partial charge < -0.3 is 20.7 Å². The molecule has 0 atom stereocenters. The van der Waals surface area contributed by atoms with E-state index in [-0.39, 0.29) is 23.3 Å². The van der Waals surface area contributed by atoms with Gasteiger partial charge in [0.2, 0.25) is 5.91 Å². The molecule has 0 radical (unpaired) electrons. The van der Waals surface area contributed by atoms with E-state index in [0.29, 0.717) is 10.6 Å². The highest BCUT2D eigenvalue weighted by Crippen LogP contribution is 2.25. The highest BCUT2D eigenvalue weighted by molar-refractivity contribution is 8.00. The molecule has 0 aromatic heterocycles. The van der Waals surface area contributed by atoms with E-state index in [4.69, 9.17) is 10.5 Å². The maximum absolute atomic E-state index is 13.0. The minimum absolute atomic E-state index is 0.0411. The second kappa shape index (κ2) is 11.9. The first kappa shape index (κ1) is 24.9. The third kappa shape index (κ3) is 6.86. The smallest absolute Gasteiger partial charge is 0.339 e. The highest BCUT2D eigenvalue weighted by Gasteiger charge is 2.22. The summed E-state index contributed by atoms with van der Waals surface area (Å²) in [6.07, 6.45) is 0. The third-order valence-electron chi connectivity index (χ3n) is 4.80. The molecule has 7 nitrogen and oxygen atoms in total. The van der Waals surface area contributed by atoms with Crippen molar-refractivity contribution in [2.24, 2.45) is 5.73 Å². The fourth-order valence-corrected chi connectivity index (χ4v) is 4.09. The van der Waals surface area contributed by atoms with Gasteiger partial charge in [-0.3, -0.25) is 9.59 Å². The van der Waals surface area contributed by atoms with Crippen molar-refractivity contribution >= 4 is 46.6 Å². The Bertz CT molecular complexity index is 1130. The number of hydrogen-bond acceptors (Lipinski definition) is 6. The highest BCUT2D eigenvalue weighted by atomic mass is 32.2. The zero-order valence-electron chi connectivity index (χ0n) is 19.1. The fraction of sp³-hybridized carbons (Fsp3) is 0.192. The number of primary amides is 1. The number of carbonyl (C=O) groups excluding carboxylic acids is 3. The number of thioether (sulfide) groups is 1. The van der Waals surface area contributed by atoms with Crippen molar-refractivity contribution in [1.82, 2.24) is 0 Å².